The predicted octanol–water partition coefficient (Wildman–Crippen LogP) is 3.01. The molecular formula is C24H31F2N7O4S. The van der Waals surface area contributed by atoms with Crippen molar-refractivity contribution in [3.8, 4) is 11.7 Å². The molecule has 2 aromatic heterocycles. The van der Waals surface area contributed by atoms with Crippen molar-refractivity contribution in [2.75, 3.05) is 55.6 Å². The van der Waals surface area contributed by atoms with Gasteiger partial charge in [0.25, 0.3) is 6.43 Å². The molecule has 1 saturated carbocycles. The van der Waals surface area contributed by atoms with E-state index < -0.39 is 22.1 Å². The van der Waals surface area contributed by atoms with Crippen molar-refractivity contribution < 1.29 is 26.7 Å². The molecule has 1 aromatic carbocycles. The number of rotatable bonds is 8. The molecule has 0 spiro atoms. The normalized spacial score (nSPS) is 20.7. The van der Waals surface area contributed by atoms with Crippen LogP contribution in [0.2, 0.25) is 0 Å². The zero-order chi connectivity index (χ0) is 26.9. The Morgan fingerprint density at radius 2 is 1.79 bits per heavy atom. The van der Waals surface area contributed by atoms with Crippen LogP contribution in [0.4, 0.5) is 20.7 Å². The van der Waals surface area contributed by atoms with E-state index in [9.17, 15) is 17.2 Å². The first kappa shape index (κ1) is 26.5. The number of nitrogens with one attached hydrogen (secondary N) is 1. The molecule has 38 heavy (non-hydrogen) atoms. The zero-order valence-electron chi connectivity index (χ0n) is 21.3. The average Bonchev–Trinajstić information content (AvgIpc) is 3.30. The Bertz CT molecular complexity index is 1390. The minimum absolute atomic E-state index is 0.0211. The van der Waals surface area contributed by atoms with Gasteiger partial charge in [0.05, 0.1) is 31.6 Å². The van der Waals surface area contributed by atoms with Crippen LogP contribution in [-0.2, 0) is 14.6 Å². The SMILES string of the molecule is COc1cccc2c1nc(C(F)F)n2-c1nc(NC2CCC(CS(C)(=O)=O)CC2)nc(N2CCOCC2)n1. The van der Waals surface area contributed by atoms with Gasteiger partial charge in [-0.05, 0) is 43.7 Å². The number of imidazole rings is 1. The fourth-order valence-corrected chi connectivity index (χ4v) is 6.31. The van der Waals surface area contributed by atoms with Gasteiger partial charge in [0.1, 0.15) is 21.1 Å². The molecule has 3 aromatic rings. The Hall–Kier alpha value is -3.13. The topological polar surface area (TPSA) is 124 Å². The van der Waals surface area contributed by atoms with Crippen LogP contribution >= 0.6 is 0 Å². The number of morpholine rings is 1. The number of aromatic nitrogens is 5. The van der Waals surface area contributed by atoms with Crippen molar-refractivity contribution in [2.24, 2.45) is 5.92 Å². The van der Waals surface area contributed by atoms with Crippen LogP contribution < -0.4 is 15.0 Å². The van der Waals surface area contributed by atoms with E-state index in [-0.39, 0.29) is 35.1 Å². The van der Waals surface area contributed by atoms with Gasteiger partial charge < -0.3 is 19.7 Å². The molecule has 5 rings (SSSR count). The van der Waals surface area contributed by atoms with Crippen LogP contribution in [0.1, 0.15) is 37.9 Å². The monoisotopic (exact) mass is 551 g/mol. The van der Waals surface area contributed by atoms with E-state index in [1.807, 2.05) is 4.90 Å². The highest BCUT2D eigenvalue weighted by Crippen LogP contribution is 2.33. The molecule has 2 aliphatic rings. The first-order chi connectivity index (χ1) is 18.2. The lowest BCUT2D eigenvalue weighted by atomic mass is 9.87. The third-order valence-corrected chi connectivity index (χ3v) is 7.99. The summed E-state index contributed by atoms with van der Waals surface area (Å²) < 4.78 is 63.8. The second-order valence-corrected chi connectivity index (χ2v) is 11.9. The lowest BCUT2D eigenvalue weighted by Crippen LogP contribution is -2.38. The highest BCUT2D eigenvalue weighted by atomic mass is 32.2. The molecule has 0 bridgehead atoms. The lowest BCUT2D eigenvalue weighted by Gasteiger charge is -2.30. The highest BCUT2D eigenvalue weighted by molar-refractivity contribution is 7.90. The second kappa shape index (κ2) is 10.9. The molecule has 0 atom stereocenters. The van der Waals surface area contributed by atoms with Gasteiger partial charge in [-0.15, -0.1) is 0 Å². The Labute approximate surface area is 219 Å². The molecule has 206 valence electrons. The van der Waals surface area contributed by atoms with Crippen LogP contribution in [0.3, 0.4) is 0 Å². The summed E-state index contributed by atoms with van der Waals surface area (Å²) in [4.78, 5) is 19.9. The first-order valence-corrected chi connectivity index (χ1v) is 14.6. The number of fused-ring (bicyclic) bond motifs is 1. The van der Waals surface area contributed by atoms with E-state index in [4.69, 9.17) is 9.47 Å². The number of halogens is 2. The standard InChI is InChI=1S/C24H31F2N7O4S/c1-36-18-5-3-4-17-19(18)28-21(20(25)26)33(17)24-30-22(29-23(31-24)32-10-12-37-13-11-32)27-16-8-6-15(7-9-16)14-38(2,34)35/h3-5,15-16,20H,6-14H2,1-2H3,(H,27,29,30,31). The highest BCUT2D eigenvalue weighted by Gasteiger charge is 2.28. The van der Waals surface area contributed by atoms with E-state index >= 15 is 0 Å². The molecular weight excluding hydrogens is 520 g/mol. The van der Waals surface area contributed by atoms with Crippen molar-refractivity contribution in [2.45, 2.75) is 38.2 Å². The van der Waals surface area contributed by atoms with Crippen molar-refractivity contribution in [1.29, 1.82) is 0 Å². The van der Waals surface area contributed by atoms with Crippen LogP contribution in [0.15, 0.2) is 18.2 Å². The van der Waals surface area contributed by atoms with Crippen molar-refractivity contribution >= 4 is 32.8 Å². The maximum absolute atomic E-state index is 14.2. The Balaban J connectivity index is 1.51. The van der Waals surface area contributed by atoms with E-state index in [0.29, 0.717) is 43.5 Å². The van der Waals surface area contributed by atoms with Crippen LogP contribution in [0.5, 0.6) is 5.75 Å². The summed E-state index contributed by atoms with van der Waals surface area (Å²) in [6.07, 6.45) is 1.42. The number of alkyl halides is 2. The van der Waals surface area contributed by atoms with Crippen LogP contribution in [-0.4, -0.2) is 84.4 Å². The molecule has 1 saturated heterocycles. The number of nitrogens with zero attached hydrogens (tertiary/aromatic N) is 6. The number of benzene rings is 1. The van der Waals surface area contributed by atoms with Crippen LogP contribution in [0.25, 0.3) is 17.0 Å². The second-order valence-electron chi connectivity index (χ2n) is 9.75. The fraction of sp³-hybridized carbons (Fsp3) is 0.583. The summed E-state index contributed by atoms with van der Waals surface area (Å²) in [7, 11) is -1.57. The molecule has 1 aliphatic heterocycles. The summed E-state index contributed by atoms with van der Waals surface area (Å²) in [5.74, 6) is 0.850. The van der Waals surface area contributed by atoms with Gasteiger partial charge >= 0.3 is 0 Å². The van der Waals surface area contributed by atoms with Gasteiger partial charge in [0, 0.05) is 25.4 Å². The molecule has 0 unspecified atom stereocenters. The van der Waals surface area contributed by atoms with E-state index in [1.54, 1.807) is 18.2 Å². The quantitative estimate of drug-likeness (QED) is 0.447. The molecule has 3 heterocycles. The summed E-state index contributed by atoms with van der Waals surface area (Å²) in [5, 5.41) is 3.35. The third-order valence-electron chi connectivity index (χ3n) is 6.91. The third kappa shape index (κ3) is 5.80. The number of anilines is 2. The number of ether oxygens (including phenoxy) is 2. The van der Waals surface area contributed by atoms with Crippen molar-refractivity contribution in [3.05, 3.63) is 24.0 Å². The Morgan fingerprint density at radius 1 is 1.08 bits per heavy atom. The molecule has 14 heteroatoms. The van der Waals surface area contributed by atoms with E-state index in [2.05, 4.69) is 25.3 Å². The van der Waals surface area contributed by atoms with Crippen molar-refractivity contribution in [3.63, 3.8) is 0 Å². The smallest absolute Gasteiger partial charge is 0.296 e. The maximum Gasteiger partial charge on any atom is 0.296 e. The minimum atomic E-state index is -3.03. The number of para-hydroxylation sites is 1. The van der Waals surface area contributed by atoms with E-state index in [1.165, 1.54) is 17.9 Å². The van der Waals surface area contributed by atoms with Crippen LogP contribution in [0, 0.1) is 5.92 Å². The number of hydrogen-bond donors (Lipinski definition) is 1. The molecule has 2 fully saturated rings. The zero-order valence-corrected chi connectivity index (χ0v) is 22.1. The number of sulfone groups is 1. The lowest BCUT2D eigenvalue weighted by molar-refractivity contribution is 0.122. The summed E-state index contributed by atoms with van der Waals surface area (Å²) in [5.41, 5.74) is 0.684. The van der Waals surface area contributed by atoms with Gasteiger partial charge in [0.2, 0.25) is 17.8 Å². The van der Waals surface area contributed by atoms with Gasteiger partial charge in [0.15, 0.2) is 5.82 Å². The first-order valence-electron chi connectivity index (χ1n) is 12.6. The van der Waals surface area contributed by atoms with Crippen molar-refractivity contribution in [1.82, 2.24) is 24.5 Å². The fourth-order valence-electron chi connectivity index (χ4n) is 5.12. The van der Waals surface area contributed by atoms with Gasteiger partial charge in [-0.25, -0.2) is 22.2 Å². The predicted molar refractivity (Wildman–Crippen MR) is 138 cm³/mol. The van der Waals surface area contributed by atoms with E-state index in [0.717, 1.165) is 25.7 Å². The number of hydrogen-bond acceptors (Lipinski definition) is 10. The summed E-state index contributed by atoms with van der Waals surface area (Å²) in [6, 6.07) is 5.06. The van der Waals surface area contributed by atoms with Gasteiger partial charge in [-0.2, -0.15) is 15.0 Å². The molecule has 1 N–H and O–H groups in total. The molecule has 0 radical (unpaired) electrons. The van der Waals surface area contributed by atoms with Gasteiger partial charge in [-0.3, -0.25) is 4.57 Å². The Kier molecular flexibility index (Phi) is 7.61. The summed E-state index contributed by atoms with van der Waals surface area (Å²) in [6.45, 7) is 2.11. The summed E-state index contributed by atoms with van der Waals surface area (Å²) >= 11 is 0. The Morgan fingerprint density at radius 3 is 2.45 bits per heavy atom. The molecule has 0 amide bonds. The largest absolute Gasteiger partial charge is 0.494 e. The molecule has 11 nitrogen and oxygen atoms in total. The van der Waals surface area contributed by atoms with Gasteiger partial charge in [-0.1, -0.05) is 6.07 Å². The number of methoxy groups -OCH3 is 1. The average molecular weight is 552 g/mol. The maximum atomic E-state index is 14.2. The minimum Gasteiger partial charge on any atom is -0.494 e. The molecule has 1 aliphatic carbocycles.